The van der Waals surface area contributed by atoms with Crippen molar-refractivity contribution in [2.75, 3.05) is 83.4 Å². The lowest BCUT2D eigenvalue weighted by Gasteiger charge is -2.26. The van der Waals surface area contributed by atoms with Gasteiger partial charge in [0.2, 0.25) is 0 Å². The zero-order valence-electron chi connectivity index (χ0n) is 15.8. The standard InChI is InChI=1S/C18H32N6O/c1-21(2)17-18(20-6-5-19-17)24-12-15(16(13-24)14-25)11-23-8-4-7-22(3)9-10-23/h5-6,15-16,25H,4,7-14H2,1-3H3/t15-,16-/m1/s1. The van der Waals surface area contributed by atoms with Crippen molar-refractivity contribution in [1.82, 2.24) is 19.8 Å². The van der Waals surface area contributed by atoms with E-state index in [1.165, 1.54) is 13.0 Å². The molecule has 0 bridgehead atoms. The Morgan fingerprint density at radius 3 is 2.60 bits per heavy atom. The highest BCUT2D eigenvalue weighted by atomic mass is 16.3. The number of aliphatic hydroxyl groups is 1. The fourth-order valence-corrected chi connectivity index (χ4v) is 4.00. The third-order valence-electron chi connectivity index (χ3n) is 5.50. The average molecular weight is 348 g/mol. The summed E-state index contributed by atoms with van der Waals surface area (Å²) in [5.41, 5.74) is 0. The molecule has 0 unspecified atom stereocenters. The number of aromatic nitrogens is 2. The van der Waals surface area contributed by atoms with Crippen LogP contribution in [0.5, 0.6) is 0 Å². The lowest BCUT2D eigenvalue weighted by molar-refractivity contribution is 0.165. The highest BCUT2D eigenvalue weighted by molar-refractivity contribution is 5.62. The molecule has 0 radical (unpaired) electrons. The summed E-state index contributed by atoms with van der Waals surface area (Å²) in [4.78, 5) is 18.4. The molecule has 0 spiro atoms. The number of hydrogen-bond acceptors (Lipinski definition) is 7. The number of rotatable bonds is 5. The monoisotopic (exact) mass is 348 g/mol. The quantitative estimate of drug-likeness (QED) is 0.817. The van der Waals surface area contributed by atoms with E-state index in [4.69, 9.17) is 0 Å². The summed E-state index contributed by atoms with van der Waals surface area (Å²) in [7, 11) is 6.20. The van der Waals surface area contributed by atoms with Gasteiger partial charge in [0.1, 0.15) is 0 Å². The van der Waals surface area contributed by atoms with Crippen LogP contribution in [0.15, 0.2) is 12.4 Å². The first-order valence-electron chi connectivity index (χ1n) is 9.33. The van der Waals surface area contributed by atoms with Crippen molar-refractivity contribution in [3.63, 3.8) is 0 Å². The largest absolute Gasteiger partial charge is 0.396 e. The molecule has 2 saturated heterocycles. The van der Waals surface area contributed by atoms with Crippen molar-refractivity contribution in [1.29, 1.82) is 0 Å². The third kappa shape index (κ3) is 4.40. The summed E-state index contributed by atoms with van der Waals surface area (Å²) >= 11 is 0. The Kier molecular flexibility index (Phi) is 6.09. The Bertz CT molecular complexity index is 554. The predicted octanol–water partition coefficient (Wildman–Crippen LogP) is 0.225. The van der Waals surface area contributed by atoms with E-state index < -0.39 is 0 Å². The summed E-state index contributed by atoms with van der Waals surface area (Å²) in [6.07, 6.45) is 4.73. The molecule has 0 aromatic carbocycles. The van der Waals surface area contributed by atoms with Gasteiger partial charge >= 0.3 is 0 Å². The van der Waals surface area contributed by atoms with Crippen molar-refractivity contribution in [2.45, 2.75) is 6.42 Å². The second-order valence-corrected chi connectivity index (χ2v) is 7.66. The fourth-order valence-electron chi connectivity index (χ4n) is 4.00. The van der Waals surface area contributed by atoms with Crippen LogP contribution in [0, 0.1) is 11.8 Å². The van der Waals surface area contributed by atoms with Crippen LogP contribution >= 0.6 is 0 Å². The van der Waals surface area contributed by atoms with Crippen LogP contribution in [-0.4, -0.2) is 98.4 Å². The smallest absolute Gasteiger partial charge is 0.171 e. The Labute approximate surface area is 151 Å². The minimum Gasteiger partial charge on any atom is -0.396 e. The molecule has 0 amide bonds. The van der Waals surface area contributed by atoms with Gasteiger partial charge in [-0.05, 0) is 32.5 Å². The zero-order valence-corrected chi connectivity index (χ0v) is 15.8. The molecule has 0 saturated carbocycles. The molecule has 1 aromatic heterocycles. The van der Waals surface area contributed by atoms with E-state index in [1.807, 2.05) is 19.0 Å². The first-order valence-corrected chi connectivity index (χ1v) is 9.33. The molecular formula is C18H32N6O. The SMILES string of the molecule is CN1CCCN(C[C@@H]2CN(c3nccnc3N(C)C)C[C@@H]2CO)CC1. The molecule has 3 rings (SSSR count). The van der Waals surface area contributed by atoms with Gasteiger partial charge < -0.3 is 24.7 Å². The molecule has 2 atom stereocenters. The maximum absolute atomic E-state index is 9.91. The van der Waals surface area contributed by atoms with E-state index in [0.717, 1.165) is 50.9 Å². The number of hydrogen-bond donors (Lipinski definition) is 1. The van der Waals surface area contributed by atoms with Crippen LogP contribution in [0.25, 0.3) is 0 Å². The van der Waals surface area contributed by atoms with Crippen molar-refractivity contribution < 1.29 is 5.11 Å². The van der Waals surface area contributed by atoms with Crippen molar-refractivity contribution in [3.05, 3.63) is 12.4 Å². The van der Waals surface area contributed by atoms with Crippen LogP contribution < -0.4 is 9.80 Å². The molecule has 1 aromatic rings. The minimum absolute atomic E-state index is 0.243. The molecule has 7 nitrogen and oxygen atoms in total. The van der Waals surface area contributed by atoms with Gasteiger partial charge in [-0.1, -0.05) is 0 Å². The third-order valence-corrected chi connectivity index (χ3v) is 5.50. The fraction of sp³-hybridized carbons (Fsp3) is 0.778. The van der Waals surface area contributed by atoms with Gasteiger partial charge in [-0.3, -0.25) is 0 Å². The van der Waals surface area contributed by atoms with Gasteiger partial charge in [-0.25, -0.2) is 9.97 Å². The maximum Gasteiger partial charge on any atom is 0.171 e. The van der Waals surface area contributed by atoms with Gasteiger partial charge in [0.05, 0.1) is 0 Å². The molecule has 2 fully saturated rings. The topological polar surface area (TPSA) is 59.0 Å². The van der Waals surface area contributed by atoms with Gasteiger partial charge in [-0.2, -0.15) is 0 Å². The van der Waals surface area contributed by atoms with Crippen LogP contribution in [0.2, 0.25) is 0 Å². The Hall–Kier alpha value is -1.44. The summed E-state index contributed by atoms with van der Waals surface area (Å²) in [6, 6.07) is 0. The molecule has 25 heavy (non-hydrogen) atoms. The van der Waals surface area contributed by atoms with Crippen molar-refractivity contribution >= 4 is 11.6 Å². The molecule has 7 heteroatoms. The van der Waals surface area contributed by atoms with E-state index in [-0.39, 0.29) is 6.61 Å². The summed E-state index contributed by atoms with van der Waals surface area (Å²) in [5.74, 6) is 2.61. The van der Waals surface area contributed by atoms with Gasteiger partial charge in [-0.15, -0.1) is 0 Å². The maximum atomic E-state index is 9.91. The summed E-state index contributed by atoms with van der Waals surface area (Å²) < 4.78 is 0. The van der Waals surface area contributed by atoms with Crippen LogP contribution in [-0.2, 0) is 0 Å². The van der Waals surface area contributed by atoms with Gasteiger partial charge in [0, 0.05) is 71.7 Å². The predicted molar refractivity (Wildman–Crippen MR) is 101 cm³/mol. The van der Waals surface area contributed by atoms with E-state index in [1.54, 1.807) is 12.4 Å². The van der Waals surface area contributed by atoms with E-state index in [9.17, 15) is 5.11 Å². The zero-order chi connectivity index (χ0) is 17.8. The minimum atomic E-state index is 0.243. The Morgan fingerprint density at radius 2 is 1.84 bits per heavy atom. The van der Waals surface area contributed by atoms with Crippen LogP contribution in [0.3, 0.4) is 0 Å². The molecule has 140 valence electrons. The second kappa shape index (κ2) is 8.29. The lowest BCUT2D eigenvalue weighted by Crippen LogP contribution is -2.36. The first kappa shape index (κ1) is 18.4. The normalized spacial score (nSPS) is 26.0. The molecular weight excluding hydrogens is 316 g/mol. The average Bonchev–Trinajstić information content (AvgIpc) is 2.90. The van der Waals surface area contributed by atoms with Crippen LogP contribution in [0.4, 0.5) is 11.6 Å². The number of likely N-dealkylation sites (N-methyl/N-ethyl adjacent to an activating group) is 1. The second-order valence-electron chi connectivity index (χ2n) is 7.66. The van der Waals surface area contributed by atoms with E-state index >= 15 is 0 Å². The number of aliphatic hydroxyl groups excluding tert-OH is 1. The first-order chi connectivity index (χ1) is 12.1. The molecule has 0 aliphatic carbocycles. The molecule has 3 heterocycles. The Balaban J connectivity index is 1.68. The van der Waals surface area contributed by atoms with Crippen LogP contribution in [0.1, 0.15) is 6.42 Å². The molecule has 2 aliphatic rings. The highest BCUT2D eigenvalue weighted by Crippen LogP contribution is 2.31. The number of nitrogens with zero attached hydrogens (tertiary/aromatic N) is 6. The summed E-state index contributed by atoms with van der Waals surface area (Å²) in [5, 5.41) is 9.91. The van der Waals surface area contributed by atoms with Gasteiger partial charge in [0.25, 0.3) is 0 Å². The van der Waals surface area contributed by atoms with Crippen molar-refractivity contribution in [3.8, 4) is 0 Å². The number of anilines is 2. The van der Waals surface area contributed by atoms with Crippen molar-refractivity contribution in [2.24, 2.45) is 11.8 Å². The highest BCUT2D eigenvalue weighted by Gasteiger charge is 2.35. The van der Waals surface area contributed by atoms with Gasteiger partial charge in [0.15, 0.2) is 11.6 Å². The Morgan fingerprint density at radius 1 is 1.08 bits per heavy atom. The summed E-state index contributed by atoms with van der Waals surface area (Å²) in [6.45, 7) is 7.70. The lowest BCUT2D eigenvalue weighted by atomic mass is 9.96. The van der Waals surface area contributed by atoms with E-state index in [2.05, 4.69) is 31.7 Å². The van der Waals surface area contributed by atoms with E-state index in [0.29, 0.717) is 11.8 Å². The molecule has 2 aliphatic heterocycles. The molecule has 1 N–H and O–H groups in total.